The molecule has 1 aliphatic heterocycles. The smallest absolute Gasteiger partial charge is 0.234 e. The lowest BCUT2D eigenvalue weighted by molar-refractivity contribution is -0.123. The molecule has 1 atom stereocenters. The van der Waals surface area contributed by atoms with Gasteiger partial charge in [-0.25, -0.2) is 0 Å². The van der Waals surface area contributed by atoms with E-state index in [0.29, 0.717) is 12.5 Å². The molecule has 4 heteroatoms. The molecule has 2 aliphatic rings. The molecule has 0 spiro atoms. The van der Waals surface area contributed by atoms with Gasteiger partial charge in [-0.1, -0.05) is 43.5 Å². The predicted molar refractivity (Wildman–Crippen MR) is 91.1 cm³/mol. The van der Waals surface area contributed by atoms with Crippen LogP contribution < -0.4 is 5.32 Å². The van der Waals surface area contributed by atoms with Crippen LogP contribution in [-0.2, 0) is 11.2 Å². The fraction of sp³-hybridized carbons (Fsp3) is 0.632. The van der Waals surface area contributed by atoms with Crippen molar-refractivity contribution < 1.29 is 9.90 Å². The van der Waals surface area contributed by atoms with Gasteiger partial charge in [0.2, 0.25) is 5.91 Å². The molecule has 2 N–H and O–H groups in total. The highest BCUT2D eigenvalue weighted by Gasteiger charge is 2.28. The minimum atomic E-state index is -0.0552. The van der Waals surface area contributed by atoms with Crippen molar-refractivity contribution in [3.8, 4) is 0 Å². The first kappa shape index (κ1) is 16.5. The quantitative estimate of drug-likeness (QED) is 0.876. The lowest BCUT2D eigenvalue weighted by Crippen LogP contribution is -2.44. The van der Waals surface area contributed by atoms with Crippen LogP contribution in [0, 0.1) is 5.92 Å². The maximum absolute atomic E-state index is 12.3. The van der Waals surface area contributed by atoms with Crippen LogP contribution in [0.15, 0.2) is 24.3 Å². The zero-order valence-electron chi connectivity index (χ0n) is 13.8. The van der Waals surface area contributed by atoms with Crippen molar-refractivity contribution in [2.75, 3.05) is 26.2 Å². The summed E-state index contributed by atoms with van der Waals surface area (Å²) < 4.78 is 0. The second kappa shape index (κ2) is 7.93. The van der Waals surface area contributed by atoms with Crippen molar-refractivity contribution in [2.45, 2.75) is 44.6 Å². The summed E-state index contributed by atoms with van der Waals surface area (Å²) in [5, 5.41) is 12.9. The minimum Gasteiger partial charge on any atom is -0.394 e. The monoisotopic (exact) mass is 316 g/mol. The van der Waals surface area contributed by atoms with Crippen molar-refractivity contribution in [1.82, 2.24) is 10.2 Å². The molecular formula is C19H28N2O2. The van der Waals surface area contributed by atoms with E-state index < -0.39 is 0 Å². The number of rotatable bonds is 5. The summed E-state index contributed by atoms with van der Waals surface area (Å²) in [4.78, 5) is 14.4. The molecule has 1 fully saturated rings. The highest BCUT2D eigenvalue weighted by Crippen LogP contribution is 2.29. The Kier molecular flexibility index (Phi) is 5.68. The number of hydrogen-bond donors (Lipinski definition) is 2. The molecule has 0 radical (unpaired) electrons. The van der Waals surface area contributed by atoms with Gasteiger partial charge in [-0.3, -0.25) is 9.69 Å². The zero-order valence-corrected chi connectivity index (χ0v) is 13.8. The van der Waals surface area contributed by atoms with Crippen LogP contribution in [0.3, 0.4) is 0 Å². The first-order chi connectivity index (χ1) is 11.3. The highest BCUT2D eigenvalue weighted by molar-refractivity contribution is 5.78. The van der Waals surface area contributed by atoms with Crippen LogP contribution in [0.5, 0.6) is 0 Å². The molecule has 126 valence electrons. The lowest BCUT2D eigenvalue weighted by Gasteiger charge is -2.36. The molecule has 0 aromatic heterocycles. The van der Waals surface area contributed by atoms with Crippen LogP contribution in [0.1, 0.15) is 49.3 Å². The molecule has 3 rings (SSSR count). The van der Waals surface area contributed by atoms with Crippen LogP contribution >= 0.6 is 0 Å². The van der Waals surface area contributed by atoms with Gasteiger partial charge in [-0.05, 0) is 36.3 Å². The number of carbonyl (C=O) groups is 1. The molecular weight excluding hydrogens is 288 g/mol. The van der Waals surface area contributed by atoms with Crippen molar-refractivity contribution in [1.29, 1.82) is 0 Å². The van der Waals surface area contributed by atoms with E-state index >= 15 is 0 Å². The molecule has 1 saturated carbocycles. The standard InChI is InChI=1S/C19H28N2O2/c22-14-18-17-9-5-4-8-16(17)10-11-21(18)13-19(23)20-12-15-6-2-1-3-7-15/h4-5,8-9,15,18,22H,1-3,6-7,10-14H2,(H,20,23). The Labute approximate surface area is 138 Å². The Morgan fingerprint density at radius 2 is 2.00 bits per heavy atom. The van der Waals surface area contributed by atoms with E-state index in [9.17, 15) is 9.90 Å². The van der Waals surface area contributed by atoms with Gasteiger partial charge in [-0.2, -0.15) is 0 Å². The van der Waals surface area contributed by atoms with Gasteiger partial charge in [0.25, 0.3) is 0 Å². The number of aliphatic hydroxyl groups excluding tert-OH is 1. The Hall–Kier alpha value is -1.39. The molecule has 1 aromatic rings. The van der Waals surface area contributed by atoms with Crippen LogP contribution in [0.25, 0.3) is 0 Å². The maximum atomic E-state index is 12.3. The van der Waals surface area contributed by atoms with E-state index in [1.54, 1.807) is 0 Å². The summed E-state index contributed by atoms with van der Waals surface area (Å²) in [5.74, 6) is 0.747. The first-order valence-corrected chi connectivity index (χ1v) is 8.97. The van der Waals surface area contributed by atoms with Crippen molar-refractivity contribution in [3.63, 3.8) is 0 Å². The van der Waals surface area contributed by atoms with E-state index in [-0.39, 0.29) is 18.6 Å². The molecule has 23 heavy (non-hydrogen) atoms. The third-order valence-electron chi connectivity index (χ3n) is 5.36. The number of aliphatic hydroxyl groups is 1. The Morgan fingerprint density at radius 3 is 2.78 bits per heavy atom. The van der Waals surface area contributed by atoms with E-state index in [1.165, 1.54) is 43.2 Å². The van der Waals surface area contributed by atoms with E-state index in [2.05, 4.69) is 22.3 Å². The molecule has 1 heterocycles. The molecule has 4 nitrogen and oxygen atoms in total. The van der Waals surface area contributed by atoms with Crippen molar-refractivity contribution in [2.24, 2.45) is 5.92 Å². The Morgan fingerprint density at radius 1 is 1.22 bits per heavy atom. The maximum Gasteiger partial charge on any atom is 0.234 e. The Bertz CT molecular complexity index is 526. The highest BCUT2D eigenvalue weighted by atomic mass is 16.3. The molecule has 1 aliphatic carbocycles. The van der Waals surface area contributed by atoms with Crippen LogP contribution in [-0.4, -0.2) is 42.2 Å². The van der Waals surface area contributed by atoms with Crippen LogP contribution in [0.2, 0.25) is 0 Å². The summed E-state index contributed by atoms with van der Waals surface area (Å²) in [5.41, 5.74) is 2.46. The normalized spacial score (nSPS) is 22.6. The van der Waals surface area contributed by atoms with Gasteiger partial charge >= 0.3 is 0 Å². The average Bonchev–Trinajstić information content (AvgIpc) is 2.60. The fourth-order valence-corrected chi connectivity index (χ4v) is 4.00. The van der Waals surface area contributed by atoms with Gasteiger partial charge in [0.15, 0.2) is 0 Å². The number of carbonyl (C=O) groups excluding carboxylic acids is 1. The zero-order chi connectivity index (χ0) is 16.1. The molecule has 1 amide bonds. The minimum absolute atomic E-state index is 0.0552. The third-order valence-corrected chi connectivity index (χ3v) is 5.36. The summed E-state index contributed by atoms with van der Waals surface area (Å²) in [6.45, 7) is 2.09. The fourth-order valence-electron chi connectivity index (χ4n) is 4.00. The number of amides is 1. The molecule has 0 saturated heterocycles. The second-order valence-electron chi connectivity index (χ2n) is 6.93. The summed E-state index contributed by atoms with van der Waals surface area (Å²) in [7, 11) is 0. The molecule has 1 unspecified atom stereocenters. The third kappa shape index (κ3) is 4.12. The van der Waals surface area contributed by atoms with Gasteiger partial charge in [0, 0.05) is 13.1 Å². The number of hydrogen-bond acceptors (Lipinski definition) is 3. The van der Waals surface area contributed by atoms with Gasteiger partial charge in [0.05, 0.1) is 19.2 Å². The number of nitrogens with zero attached hydrogens (tertiary/aromatic N) is 1. The lowest BCUT2D eigenvalue weighted by atomic mass is 9.89. The van der Waals surface area contributed by atoms with Crippen LogP contribution in [0.4, 0.5) is 0 Å². The number of fused-ring (bicyclic) bond motifs is 1. The number of nitrogens with one attached hydrogen (secondary N) is 1. The summed E-state index contributed by atoms with van der Waals surface area (Å²) in [6, 6.07) is 8.19. The summed E-state index contributed by atoms with van der Waals surface area (Å²) >= 11 is 0. The van der Waals surface area contributed by atoms with Gasteiger partial charge < -0.3 is 10.4 Å². The second-order valence-corrected chi connectivity index (χ2v) is 6.93. The first-order valence-electron chi connectivity index (χ1n) is 8.97. The predicted octanol–water partition coefficient (Wildman–Crippen LogP) is 2.27. The van der Waals surface area contributed by atoms with Crippen molar-refractivity contribution >= 4 is 5.91 Å². The van der Waals surface area contributed by atoms with E-state index in [1.807, 2.05) is 12.1 Å². The van der Waals surface area contributed by atoms with E-state index in [0.717, 1.165) is 19.5 Å². The van der Waals surface area contributed by atoms with Gasteiger partial charge in [0.1, 0.15) is 0 Å². The van der Waals surface area contributed by atoms with Crippen molar-refractivity contribution in [3.05, 3.63) is 35.4 Å². The topological polar surface area (TPSA) is 52.6 Å². The SMILES string of the molecule is O=C(CN1CCc2ccccc2C1CO)NCC1CCCCC1. The summed E-state index contributed by atoms with van der Waals surface area (Å²) in [6.07, 6.45) is 7.39. The average molecular weight is 316 g/mol. The molecule has 0 bridgehead atoms. The molecule has 1 aromatic carbocycles. The Balaban J connectivity index is 1.53. The van der Waals surface area contributed by atoms with E-state index in [4.69, 9.17) is 0 Å². The largest absolute Gasteiger partial charge is 0.394 e. The van der Waals surface area contributed by atoms with Gasteiger partial charge in [-0.15, -0.1) is 0 Å². The number of benzene rings is 1.